The highest BCUT2D eigenvalue weighted by Crippen LogP contribution is 2.25. The Bertz CT molecular complexity index is 546. The second kappa shape index (κ2) is 4.87. The van der Waals surface area contributed by atoms with Gasteiger partial charge in [0.1, 0.15) is 0 Å². The van der Waals surface area contributed by atoms with Gasteiger partial charge in [0, 0.05) is 29.0 Å². The minimum Gasteiger partial charge on any atom is -0.399 e. The first kappa shape index (κ1) is 11.5. The van der Waals surface area contributed by atoms with Crippen LogP contribution in [0.1, 0.15) is 12.1 Å². The average Bonchev–Trinajstić information content (AvgIpc) is 2.30. The molecule has 3 N–H and O–H groups in total. The van der Waals surface area contributed by atoms with Gasteiger partial charge in [-0.3, -0.25) is 4.98 Å². The van der Waals surface area contributed by atoms with Gasteiger partial charge in [0.15, 0.2) is 0 Å². The van der Waals surface area contributed by atoms with Crippen molar-refractivity contribution in [1.29, 1.82) is 0 Å². The standard InChI is InChI=1S/C14H17N3/c1-3-4-7-16-14-8-10(2)17-13-6-5-11(15)9-12(13)14/h3,5-6,8-9H,1,4,7,15H2,2H3,(H,16,17). The zero-order valence-corrected chi connectivity index (χ0v) is 10.0. The number of fused-ring (bicyclic) bond motifs is 1. The summed E-state index contributed by atoms with van der Waals surface area (Å²) in [5.41, 5.74) is 9.63. The van der Waals surface area contributed by atoms with Crippen LogP contribution in [0.5, 0.6) is 0 Å². The van der Waals surface area contributed by atoms with Crippen LogP contribution >= 0.6 is 0 Å². The van der Waals surface area contributed by atoms with Crippen LogP contribution in [0.25, 0.3) is 10.9 Å². The minimum atomic E-state index is 0.759. The number of aryl methyl sites for hydroxylation is 1. The Labute approximate surface area is 101 Å². The van der Waals surface area contributed by atoms with Crippen molar-refractivity contribution in [3.8, 4) is 0 Å². The first-order valence-corrected chi connectivity index (χ1v) is 5.72. The quantitative estimate of drug-likeness (QED) is 0.479. The Hall–Kier alpha value is -2.03. The van der Waals surface area contributed by atoms with Gasteiger partial charge >= 0.3 is 0 Å². The highest BCUT2D eigenvalue weighted by molar-refractivity contribution is 5.93. The van der Waals surface area contributed by atoms with Crippen molar-refractivity contribution in [2.45, 2.75) is 13.3 Å². The summed E-state index contributed by atoms with van der Waals surface area (Å²) in [6, 6.07) is 7.83. The third-order valence-corrected chi connectivity index (χ3v) is 2.62. The fourth-order valence-electron chi connectivity index (χ4n) is 1.83. The van der Waals surface area contributed by atoms with Crippen molar-refractivity contribution < 1.29 is 0 Å². The van der Waals surface area contributed by atoms with Crippen LogP contribution in [-0.4, -0.2) is 11.5 Å². The van der Waals surface area contributed by atoms with E-state index < -0.39 is 0 Å². The van der Waals surface area contributed by atoms with Crippen molar-refractivity contribution in [2.75, 3.05) is 17.6 Å². The Morgan fingerprint density at radius 2 is 2.24 bits per heavy atom. The van der Waals surface area contributed by atoms with E-state index >= 15 is 0 Å². The summed E-state index contributed by atoms with van der Waals surface area (Å²) < 4.78 is 0. The lowest BCUT2D eigenvalue weighted by Crippen LogP contribution is -2.02. The van der Waals surface area contributed by atoms with E-state index in [-0.39, 0.29) is 0 Å². The van der Waals surface area contributed by atoms with Crippen molar-refractivity contribution in [3.63, 3.8) is 0 Å². The first-order chi connectivity index (χ1) is 8.20. The molecule has 3 nitrogen and oxygen atoms in total. The number of anilines is 2. The molecule has 1 aromatic heterocycles. The number of rotatable bonds is 4. The summed E-state index contributed by atoms with van der Waals surface area (Å²) in [4.78, 5) is 4.49. The summed E-state index contributed by atoms with van der Waals surface area (Å²) in [6.07, 6.45) is 2.84. The molecule has 0 amide bonds. The van der Waals surface area contributed by atoms with E-state index in [2.05, 4.69) is 16.9 Å². The van der Waals surface area contributed by atoms with E-state index in [0.29, 0.717) is 0 Å². The van der Waals surface area contributed by atoms with Gasteiger partial charge in [0.2, 0.25) is 0 Å². The molecule has 0 fully saturated rings. The summed E-state index contributed by atoms with van der Waals surface area (Å²) in [5, 5.41) is 4.46. The molecule has 0 atom stereocenters. The maximum Gasteiger partial charge on any atom is 0.0727 e. The molecule has 0 unspecified atom stereocenters. The van der Waals surface area contributed by atoms with Crippen LogP contribution in [0.2, 0.25) is 0 Å². The lowest BCUT2D eigenvalue weighted by molar-refractivity contribution is 1.07. The Morgan fingerprint density at radius 3 is 3.00 bits per heavy atom. The van der Waals surface area contributed by atoms with Crippen molar-refractivity contribution in [1.82, 2.24) is 4.98 Å². The highest BCUT2D eigenvalue weighted by atomic mass is 14.9. The van der Waals surface area contributed by atoms with Gasteiger partial charge < -0.3 is 11.1 Å². The molecular weight excluding hydrogens is 210 g/mol. The molecule has 0 radical (unpaired) electrons. The Balaban J connectivity index is 2.44. The molecule has 0 saturated carbocycles. The van der Waals surface area contributed by atoms with Gasteiger partial charge in [-0.15, -0.1) is 6.58 Å². The molecule has 0 aliphatic heterocycles. The van der Waals surface area contributed by atoms with E-state index in [9.17, 15) is 0 Å². The van der Waals surface area contributed by atoms with E-state index in [1.54, 1.807) is 0 Å². The number of aromatic nitrogens is 1. The van der Waals surface area contributed by atoms with Crippen LogP contribution < -0.4 is 11.1 Å². The zero-order chi connectivity index (χ0) is 12.3. The molecule has 0 aliphatic rings. The molecule has 1 heterocycles. The van der Waals surface area contributed by atoms with Crippen LogP contribution in [0.3, 0.4) is 0 Å². The number of nitrogens with one attached hydrogen (secondary N) is 1. The molecule has 0 saturated heterocycles. The number of nitrogens with zero attached hydrogens (tertiary/aromatic N) is 1. The molecular formula is C14H17N3. The van der Waals surface area contributed by atoms with Crippen molar-refractivity contribution in [2.24, 2.45) is 0 Å². The maximum atomic E-state index is 5.81. The number of benzene rings is 1. The summed E-state index contributed by atoms with van der Waals surface area (Å²) in [7, 11) is 0. The first-order valence-electron chi connectivity index (χ1n) is 5.72. The van der Waals surface area contributed by atoms with Gasteiger partial charge in [-0.1, -0.05) is 6.08 Å². The molecule has 17 heavy (non-hydrogen) atoms. The number of hydrogen-bond donors (Lipinski definition) is 2. The largest absolute Gasteiger partial charge is 0.399 e. The molecule has 3 heteroatoms. The van der Waals surface area contributed by atoms with Crippen LogP contribution in [0.4, 0.5) is 11.4 Å². The molecule has 2 rings (SSSR count). The van der Waals surface area contributed by atoms with E-state index in [1.807, 2.05) is 37.3 Å². The lowest BCUT2D eigenvalue weighted by atomic mass is 10.1. The van der Waals surface area contributed by atoms with E-state index in [1.165, 1.54) is 0 Å². The smallest absolute Gasteiger partial charge is 0.0727 e. The summed E-state index contributed by atoms with van der Waals surface area (Å²) >= 11 is 0. The molecule has 0 aliphatic carbocycles. The SMILES string of the molecule is C=CCCNc1cc(C)nc2ccc(N)cc12. The predicted molar refractivity (Wildman–Crippen MR) is 74.2 cm³/mol. The monoisotopic (exact) mass is 227 g/mol. The molecule has 1 aromatic carbocycles. The second-order valence-corrected chi connectivity index (χ2v) is 4.09. The number of pyridine rings is 1. The van der Waals surface area contributed by atoms with E-state index in [0.717, 1.165) is 40.9 Å². The normalized spacial score (nSPS) is 10.4. The van der Waals surface area contributed by atoms with Crippen LogP contribution in [0, 0.1) is 6.92 Å². The van der Waals surface area contributed by atoms with Gasteiger partial charge in [-0.05, 0) is 37.6 Å². The van der Waals surface area contributed by atoms with Gasteiger partial charge in [-0.2, -0.15) is 0 Å². The fraction of sp³-hybridized carbons (Fsp3) is 0.214. The number of nitrogens with two attached hydrogens (primary N) is 1. The molecule has 88 valence electrons. The fourth-order valence-corrected chi connectivity index (χ4v) is 1.83. The maximum absolute atomic E-state index is 5.81. The number of hydrogen-bond acceptors (Lipinski definition) is 3. The number of nitrogen functional groups attached to an aromatic ring is 1. The van der Waals surface area contributed by atoms with Gasteiger partial charge in [0.05, 0.1) is 5.52 Å². The third kappa shape index (κ3) is 2.56. The third-order valence-electron chi connectivity index (χ3n) is 2.62. The zero-order valence-electron chi connectivity index (χ0n) is 10.0. The second-order valence-electron chi connectivity index (χ2n) is 4.09. The Morgan fingerprint density at radius 1 is 1.41 bits per heavy atom. The van der Waals surface area contributed by atoms with Crippen LogP contribution in [0.15, 0.2) is 36.9 Å². The highest BCUT2D eigenvalue weighted by Gasteiger charge is 2.03. The van der Waals surface area contributed by atoms with Crippen LogP contribution in [-0.2, 0) is 0 Å². The van der Waals surface area contributed by atoms with Crippen molar-refractivity contribution in [3.05, 3.63) is 42.6 Å². The molecule has 0 spiro atoms. The lowest BCUT2D eigenvalue weighted by Gasteiger charge is -2.10. The van der Waals surface area contributed by atoms with E-state index in [4.69, 9.17) is 5.73 Å². The Kier molecular flexibility index (Phi) is 3.28. The minimum absolute atomic E-state index is 0.759. The summed E-state index contributed by atoms with van der Waals surface area (Å²) in [5.74, 6) is 0. The topological polar surface area (TPSA) is 50.9 Å². The summed E-state index contributed by atoms with van der Waals surface area (Å²) in [6.45, 7) is 6.58. The predicted octanol–water partition coefficient (Wildman–Crippen LogP) is 3.11. The molecule has 2 aromatic rings. The van der Waals surface area contributed by atoms with Gasteiger partial charge in [-0.25, -0.2) is 0 Å². The average molecular weight is 227 g/mol. The molecule has 0 bridgehead atoms. The van der Waals surface area contributed by atoms with Gasteiger partial charge in [0.25, 0.3) is 0 Å². The van der Waals surface area contributed by atoms with Crippen molar-refractivity contribution >= 4 is 22.3 Å².